The molecule has 6 heteroatoms. The van der Waals surface area contributed by atoms with Crippen molar-refractivity contribution in [2.45, 2.75) is 13.5 Å². The lowest BCUT2D eigenvalue weighted by atomic mass is 10.2. The van der Waals surface area contributed by atoms with Crippen molar-refractivity contribution in [2.75, 3.05) is 5.32 Å². The Morgan fingerprint density at radius 1 is 1.21 bits per heavy atom. The number of nitrogens with one attached hydrogen (secondary N) is 1. The maximum atomic E-state index is 6.02. The first kappa shape index (κ1) is 11.9. The van der Waals surface area contributed by atoms with E-state index in [1.165, 1.54) is 0 Å². The van der Waals surface area contributed by atoms with Gasteiger partial charge in [-0.15, -0.1) is 10.2 Å². The van der Waals surface area contributed by atoms with Crippen molar-refractivity contribution < 1.29 is 4.52 Å². The first-order chi connectivity index (χ1) is 9.24. The zero-order chi connectivity index (χ0) is 13.2. The topological polar surface area (TPSA) is 63.8 Å². The molecule has 0 amide bonds. The SMILES string of the molecule is Cc1cc(CNc2nnc(Cl)c3ccccc23)no1. The highest BCUT2D eigenvalue weighted by molar-refractivity contribution is 6.34. The van der Waals surface area contributed by atoms with E-state index in [-0.39, 0.29) is 0 Å². The highest BCUT2D eigenvalue weighted by Gasteiger charge is 2.08. The molecule has 0 bridgehead atoms. The lowest BCUT2D eigenvalue weighted by molar-refractivity contribution is 0.391. The average Bonchev–Trinajstić information content (AvgIpc) is 2.84. The molecule has 0 unspecified atom stereocenters. The molecule has 2 aromatic heterocycles. The fraction of sp³-hybridized carbons (Fsp3) is 0.154. The van der Waals surface area contributed by atoms with Gasteiger partial charge in [-0.05, 0) is 6.92 Å². The second-order valence-corrected chi connectivity index (χ2v) is 4.53. The molecule has 96 valence electrons. The van der Waals surface area contributed by atoms with Gasteiger partial charge in [-0.2, -0.15) is 0 Å². The fourth-order valence-corrected chi connectivity index (χ4v) is 2.08. The van der Waals surface area contributed by atoms with Crippen LogP contribution in [0.5, 0.6) is 0 Å². The van der Waals surface area contributed by atoms with E-state index in [0.717, 1.165) is 22.2 Å². The van der Waals surface area contributed by atoms with Gasteiger partial charge >= 0.3 is 0 Å². The van der Waals surface area contributed by atoms with E-state index >= 15 is 0 Å². The standard InChI is InChI=1S/C13H11ClN4O/c1-8-6-9(18-19-8)7-15-13-11-5-3-2-4-10(11)12(14)16-17-13/h2-6H,7H2,1H3,(H,15,17). The molecule has 0 fully saturated rings. The summed E-state index contributed by atoms with van der Waals surface area (Å²) in [6.45, 7) is 2.38. The summed E-state index contributed by atoms with van der Waals surface area (Å²) in [6, 6.07) is 9.59. The van der Waals surface area contributed by atoms with E-state index in [1.54, 1.807) is 0 Å². The number of nitrogens with zero attached hydrogens (tertiary/aromatic N) is 3. The van der Waals surface area contributed by atoms with E-state index in [4.69, 9.17) is 16.1 Å². The van der Waals surface area contributed by atoms with Crippen LogP contribution in [-0.2, 0) is 6.54 Å². The van der Waals surface area contributed by atoms with Gasteiger partial charge < -0.3 is 9.84 Å². The Morgan fingerprint density at radius 3 is 2.74 bits per heavy atom. The number of aromatic nitrogens is 3. The van der Waals surface area contributed by atoms with Gasteiger partial charge in [-0.25, -0.2) is 0 Å². The Kier molecular flexibility index (Phi) is 3.05. The molecule has 0 aliphatic heterocycles. The Morgan fingerprint density at radius 2 is 2.00 bits per heavy atom. The summed E-state index contributed by atoms with van der Waals surface area (Å²) in [7, 11) is 0. The van der Waals surface area contributed by atoms with E-state index < -0.39 is 0 Å². The molecule has 1 aromatic carbocycles. The number of anilines is 1. The second kappa shape index (κ2) is 4.85. The lowest BCUT2D eigenvalue weighted by Crippen LogP contribution is -2.03. The van der Waals surface area contributed by atoms with Crippen molar-refractivity contribution in [3.8, 4) is 0 Å². The van der Waals surface area contributed by atoms with Crippen LogP contribution in [-0.4, -0.2) is 15.4 Å². The van der Waals surface area contributed by atoms with E-state index in [9.17, 15) is 0 Å². The highest BCUT2D eigenvalue weighted by atomic mass is 35.5. The van der Waals surface area contributed by atoms with Gasteiger partial charge in [-0.3, -0.25) is 0 Å². The van der Waals surface area contributed by atoms with Gasteiger partial charge in [0, 0.05) is 16.8 Å². The molecule has 0 aliphatic carbocycles. The smallest absolute Gasteiger partial charge is 0.159 e. The van der Waals surface area contributed by atoms with E-state index in [1.807, 2.05) is 37.3 Å². The van der Waals surface area contributed by atoms with Crippen molar-refractivity contribution in [1.29, 1.82) is 0 Å². The third-order valence-electron chi connectivity index (χ3n) is 2.76. The van der Waals surface area contributed by atoms with Crippen LogP contribution in [0, 0.1) is 6.92 Å². The van der Waals surface area contributed by atoms with Crippen LogP contribution in [0.4, 0.5) is 5.82 Å². The number of hydrogen-bond acceptors (Lipinski definition) is 5. The predicted octanol–water partition coefficient (Wildman–Crippen LogP) is 3.19. The van der Waals surface area contributed by atoms with Crippen molar-refractivity contribution >= 4 is 28.2 Å². The van der Waals surface area contributed by atoms with Crippen molar-refractivity contribution in [1.82, 2.24) is 15.4 Å². The van der Waals surface area contributed by atoms with Gasteiger partial charge in [-0.1, -0.05) is 41.0 Å². The molecule has 1 N–H and O–H groups in total. The number of fused-ring (bicyclic) bond motifs is 1. The van der Waals surface area contributed by atoms with Crippen molar-refractivity contribution in [2.24, 2.45) is 0 Å². The van der Waals surface area contributed by atoms with Crippen LogP contribution in [0.3, 0.4) is 0 Å². The summed E-state index contributed by atoms with van der Waals surface area (Å²) >= 11 is 6.02. The molecule has 0 radical (unpaired) electrons. The molecule has 0 aliphatic rings. The maximum Gasteiger partial charge on any atom is 0.159 e. The Labute approximate surface area is 114 Å². The van der Waals surface area contributed by atoms with Gasteiger partial charge in [0.05, 0.1) is 6.54 Å². The average molecular weight is 275 g/mol. The zero-order valence-corrected chi connectivity index (χ0v) is 11.0. The minimum Gasteiger partial charge on any atom is -0.362 e. The Hall–Kier alpha value is -2.14. The van der Waals surface area contributed by atoms with Crippen LogP contribution in [0.25, 0.3) is 10.8 Å². The second-order valence-electron chi connectivity index (χ2n) is 4.17. The van der Waals surface area contributed by atoms with Crippen LogP contribution in [0.15, 0.2) is 34.9 Å². The van der Waals surface area contributed by atoms with Gasteiger partial charge in [0.25, 0.3) is 0 Å². The lowest BCUT2D eigenvalue weighted by Gasteiger charge is -2.07. The molecule has 0 saturated carbocycles. The molecule has 0 atom stereocenters. The van der Waals surface area contributed by atoms with E-state index in [0.29, 0.717) is 17.5 Å². The number of rotatable bonds is 3. The Balaban J connectivity index is 1.91. The molecule has 19 heavy (non-hydrogen) atoms. The van der Waals surface area contributed by atoms with Crippen molar-refractivity contribution in [3.63, 3.8) is 0 Å². The zero-order valence-electron chi connectivity index (χ0n) is 10.2. The van der Waals surface area contributed by atoms with Crippen LogP contribution >= 0.6 is 11.6 Å². The molecule has 0 saturated heterocycles. The molecule has 3 rings (SSSR count). The molecule has 5 nitrogen and oxygen atoms in total. The van der Waals surface area contributed by atoms with Crippen LogP contribution in [0.1, 0.15) is 11.5 Å². The third-order valence-corrected chi connectivity index (χ3v) is 3.04. The Bertz CT molecular complexity index is 725. The quantitative estimate of drug-likeness (QED) is 0.795. The first-order valence-corrected chi connectivity index (χ1v) is 6.19. The van der Waals surface area contributed by atoms with Crippen molar-refractivity contribution in [3.05, 3.63) is 46.9 Å². The summed E-state index contributed by atoms with van der Waals surface area (Å²) in [4.78, 5) is 0. The first-order valence-electron chi connectivity index (χ1n) is 5.81. The van der Waals surface area contributed by atoms with Gasteiger partial charge in [0.15, 0.2) is 11.0 Å². The predicted molar refractivity (Wildman–Crippen MR) is 73.1 cm³/mol. The summed E-state index contributed by atoms with van der Waals surface area (Å²) in [5.41, 5.74) is 0.818. The van der Waals surface area contributed by atoms with Gasteiger partial charge in [0.1, 0.15) is 11.5 Å². The normalized spacial score (nSPS) is 10.8. The molecule has 0 spiro atoms. The largest absolute Gasteiger partial charge is 0.362 e. The number of benzene rings is 1. The monoisotopic (exact) mass is 274 g/mol. The summed E-state index contributed by atoms with van der Waals surface area (Å²) in [6.07, 6.45) is 0. The molecular formula is C13H11ClN4O. The summed E-state index contributed by atoms with van der Waals surface area (Å²) in [5, 5.41) is 17.3. The van der Waals surface area contributed by atoms with Crippen LogP contribution < -0.4 is 5.32 Å². The fourth-order valence-electron chi connectivity index (χ4n) is 1.88. The highest BCUT2D eigenvalue weighted by Crippen LogP contribution is 2.25. The number of halogens is 1. The summed E-state index contributed by atoms with van der Waals surface area (Å²) < 4.78 is 5.01. The molecule has 2 heterocycles. The number of aryl methyl sites for hydroxylation is 1. The summed E-state index contributed by atoms with van der Waals surface area (Å²) in [5.74, 6) is 1.46. The number of hydrogen-bond donors (Lipinski definition) is 1. The maximum absolute atomic E-state index is 6.02. The minimum absolute atomic E-state index is 0.401. The minimum atomic E-state index is 0.401. The van der Waals surface area contributed by atoms with E-state index in [2.05, 4.69) is 20.7 Å². The molecular weight excluding hydrogens is 264 g/mol. The molecule has 3 aromatic rings. The van der Waals surface area contributed by atoms with Gasteiger partial charge in [0.2, 0.25) is 0 Å². The third kappa shape index (κ3) is 2.37. The van der Waals surface area contributed by atoms with Crippen LogP contribution in [0.2, 0.25) is 5.15 Å².